The summed E-state index contributed by atoms with van der Waals surface area (Å²) in [5.74, 6) is 0.934. The first kappa shape index (κ1) is 13.9. The van der Waals surface area contributed by atoms with Crippen LogP contribution < -0.4 is 10.6 Å². The second kappa shape index (κ2) is 7.19. The summed E-state index contributed by atoms with van der Waals surface area (Å²) >= 11 is 0. The van der Waals surface area contributed by atoms with E-state index in [1.165, 1.54) is 0 Å². The van der Waals surface area contributed by atoms with Crippen LogP contribution in [-0.2, 0) is 6.54 Å². The molecule has 1 aromatic heterocycles. The molecule has 0 radical (unpaired) electrons. The minimum Gasteiger partial charge on any atom is -0.355 e. The zero-order valence-electron chi connectivity index (χ0n) is 11.1. The number of nitrogens with two attached hydrogens (primary N) is 1. The minimum absolute atomic E-state index is 0.444. The van der Waals surface area contributed by atoms with Gasteiger partial charge >= 0.3 is 0 Å². The van der Waals surface area contributed by atoms with Gasteiger partial charge in [-0.15, -0.1) is 5.10 Å². The van der Waals surface area contributed by atoms with Crippen molar-refractivity contribution in [3.05, 3.63) is 17.8 Å². The van der Waals surface area contributed by atoms with Crippen molar-refractivity contribution in [1.82, 2.24) is 15.1 Å². The predicted molar refractivity (Wildman–Crippen MR) is 71.0 cm³/mol. The minimum atomic E-state index is 0.444. The second-order valence-electron chi connectivity index (χ2n) is 4.32. The predicted octanol–water partition coefficient (Wildman–Crippen LogP) is 0.713. The number of nitrogens with zero attached hydrogens (tertiary/aromatic N) is 4. The fourth-order valence-corrected chi connectivity index (χ4v) is 1.64. The molecular weight excluding hydrogens is 214 g/mol. The third-order valence-corrected chi connectivity index (χ3v) is 2.65. The highest BCUT2D eigenvalue weighted by atomic mass is 15.3. The van der Waals surface area contributed by atoms with Crippen LogP contribution in [0.2, 0.25) is 0 Å². The van der Waals surface area contributed by atoms with Crippen LogP contribution in [0.4, 0.5) is 5.82 Å². The Labute approximate surface area is 104 Å². The van der Waals surface area contributed by atoms with Gasteiger partial charge in [-0.1, -0.05) is 0 Å². The SMILES string of the molecule is CCN(CCCN(C)C)c1ccc(CN)nn1. The molecule has 1 rings (SSSR count). The first-order valence-electron chi connectivity index (χ1n) is 6.09. The van der Waals surface area contributed by atoms with Gasteiger partial charge in [0.1, 0.15) is 0 Å². The molecule has 0 amide bonds. The second-order valence-corrected chi connectivity index (χ2v) is 4.32. The van der Waals surface area contributed by atoms with Crippen molar-refractivity contribution in [3.63, 3.8) is 0 Å². The van der Waals surface area contributed by atoms with Crippen LogP contribution in [0.3, 0.4) is 0 Å². The number of hydrogen-bond donors (Lipinski definition) is 1. The topological polar surface area (TPSA) is 58.3 Å². The highest BCUT2D eigenvalue weighted by Gasteiger charge is 2.06. The first-order chi connectivity index (χ1) is 8.17. The van der Waals surface area contributed by atoms with E-state index in [1.807, 2.05) is 12.1 Å². The van der Waals surface area contributed by atoms with Crippen molar-refractivity contribution in [2.24, 2.45) is 5.73 Å². The maximum Gasteiger partial charge on any atom is 0.151 e. The lowest BCUT2D eigenvalue weighted by Crippen LogP contribution is -2.28. The molecule has 0 spiro atoms. The Bertz CT molecular complexity index is 309. The molecule has 0 aliphatic rings. The van der Waals surface area contributed by atoms with Crippen molar-refractivity contribution in [2.75, 3.05) is 38.6 Å². The number of anilines is 1. The molecule has 0 aliphatic heterocycles. The van der Waals surface area contributed by atoms with Crippen molar-refractivity contribution in [1.29, 1.82) is 0 Å². The molecule has 0 aromatic carbocycles. The van der Waals surface area contributed by atoms with Crippen molar-refractivity contribution >= 4 is 5.82 Å². The van der Waals surface area contributed by atoms with Crippen molar-refractivity contribution in [2.45, 2.75) is 19.9 Å². The molecule has 1 aromatic rings. The Morgan fingerprint density at radius 3 is 2.41 bits per heavy atom. The summed E-state index contributed by atoms with van der Waals surface area (Å²) in [6.07, 6.45) is 1.13. The lowest BCUT2D eigenvalue weighted by atomic mass is 10.3. The molecule has 1 heterocycles. The highest BCUT2D eigenvalue weighted by molar-refractivity contribution is 5.36. The summed E-state index contributed by atoms with van der Waals surface area (Å²) in [5, 5.41) is 8.28. The van der Waals surface area contributed by atoms with Crippen LogP contribution in [0.15, 0.2) is 12.1 Å². The molecule has 0 saturated carbocycles. The molecular formula is C12H23N5. The molecule has 5 nitrogen and oxygen atoms in total. The van der Waals surface area contributed by atoms with Crippen LogP contribution in [-0.4, -0.2) is 48.8 Å². The fourth-order valence-electron chi connectivity index (χ4n) is 1.64. The fraction of sp³-hybridized carbons (Fsp3) is 0.667. The zero-order valence-corrected chi connectivity index (χ0v) is 11.1. The number of hydrogen-bond acceptors (Lipinski definition) is 5. The molecule has 2 N–H and O–H groups in total. The van der Waals surface area contributed by atoms with Crippen LogP contribution in [0.5, 0.6) is 0 Å². The smallest absolute Gasteiger partial charge is 0.151 e. The van der Waals surface area contributed by atoms with Gasteiger partial charge in [0.25, 0.3) is 0 Å². The normalized spacial score (nSPS) is 10.9. The van der Waals surface area contributed by atoms with E-state index < -0.39 is 0 Å². The van der Waals surface area contributed by atoms with Crippen LogP contribution in [0, 0.1) is 0 Å². The Kier molecular flexibility index (Phi) is 5.86. The van der Waals surface area contributed by atoms with Crippen molar-refractivity contribution in [3.8, 4) is 0 Å². The molecule has 0 aliphatic carbocycles. The Morgan fingerprint density at radius 1 is 1.18 bits per heavy atom. The zero-order chi connectivity index (χ0) is 12.7. The van der Waals surface area contributed by atoms with Gasteiger partial charge in [0.15, 0.2) is 5.82 Å². The van der Waals surface area contributed by atoms with E-state index in [-0.39, 0.29) is 0 Å². The Balaban J connectivity index is 2.53. The number of aromatic nitrogens is 2. The van der Waals surface area contributed by atoms with Gasteiger partial charge < -0.3 is 15.5 Å². The van der Waals surface area contributed by atoms with E-state index in [2.05, 4.69) is 41.0 Å². The van der Waals surface area contributed by atoms with Crippen molar-refractivity contribution < 1.29 is 0 Å². The van der Waals surface area contributed by atoms with E-state index in [1.54, 1.807) is 0 Å². The largest absolute Gasteiger partial charge is 0.355 e. The summed E-state index contributed by atoms with van der Waals surface area (Å²) in [6, 6.07) is 3.94. The van der Waals surface area contributed by atoms with Crippen LogP contribution >= 0.6 is 0 Å². The van der Waals surface area contributed by atoms with Gasteiger partial charge in [0, 0.05) is 19.6 Å². The standard InChI is InChI=1S/C12H23N5/c1-4-17(9-5-8-16(2)3)12-7-6-11(10-13)14-15-12/h6-7H,4-5,8-10,13H2,1-3H3. The maximum atomic E-state index is 5.50. The number of rotatable bonds is 7. The van der Waals surface area contributed by atoms with E-state index >= 15 is 0 Å². The third kappa shape index (κ3) is 4.66. The molecule has 96 valence electrons. The summed E-state index contributed by atoms with van der Waals surface area (Å²) in [5.41, 5.74) is 6.33. The summed E-state index contributed by atoms with van der Waals surface area (Å²) in [7, 11) is 4.18. The summed E-state index contributed by atoms with van der Waals surface area (Å²) in [6.45, 7) is 5.62. The Morgan fingerprint density at radius 2 is 1.94 bits per heavy atom. The highest BCUT2D eigenvalue weighted by Crippen LogP contribution is 2.09. The lowest BCUT2D eigenvalue weighted by Gasteiger charge is -2.22. The van der Waals surface area contributed by atoms with Gasteiger partial charge in [-0.2, -0.15) is 5.10 Å². The third-order valence-electron chi connectivity index (χ3n) is 2.65. The Hall–Kier alpha value is -1.20. The summed E-state index contributed by atoms with van der Waals surface area (Å²) < 4.78 is 0. The maximum absolute atomic E-state index is 5.50. The molecule has 0 bridgehead atoms. The molecule has 0 unspecified atom stereocenters. The monoisotopic (exact) mass is 237 g/mol. The van der Waals surface area contributed by atoms with Gasteiger partial charge in [0.05, 0.1) is 5.69 Å². The quantitative estimate of drug-likeness (QED) is 0.757. The van der Waals surface area contributed by atoms with E-state index in [4.69, 9.17) is 5.73 Å². The molecule has 0 saturated heterocycles. The molecule has 0 atom stereocenters. The van der Waals surface area contributed by atoms with Gasteiger partial charge in [-0.25, -0.2) is 0 Å². The van der Waals surface area contributed by atoms with E-state index in [9.17, 15) is 0 Å². The lowest BCUT2D eigenvalue weighted by molar-refractivity contribution is 0.400. The van der Waals surface area contributed by atoms with Gasteiger partial charge in [-0.05, 0) is 46.1 Å². The van der Waals surface area contributed by atoms with Gasteiger partial charge in [-0.3, -0.25) is 0 Å². The van der Waals surface area contributed by atoms with Crippen LogP contribution in [0.1, 0.15) is 19.0 Å². The molecule has 0 fully saturated rings. The van der Waals surface area contributed by atoms with E-state index in [0.717, 1.165) is 37.6 Å². The average molecular weight is 237 g/mol. The molecule has 17 heavy (non-hydrogen) atoms. The first-order valence-corrected chi connectivity index (χ1v) is 6.09. The average Bonchev–Trinajstić information content (AvgIpc) is 2.34. The van der Waals surface area contributed by atoms with E-state index in [0.29, 0.717) is 6.54 Å². The van der Waals surface area contributed by atoms with Crippen LogP contribution in [0.25, 0.3) is 0 Å². The summed E-state index contributed by atoms with van der Waals surface area (Å²) in [4.78, 5) is 4.42. The molecule has 5 heteroatoms. The van der Waals surface area contributed by atoms with Gasteiger partial charge in [0.2, 0.25) is 0 Å².